The lowest BCUT2D eigenvalue weighted by Crippen LogP contribution is -2.24. The van der Waals surface area contributed by atoms with Crippen LogP contribution in [0.5, 0.6) is 0 Å². The summed E-state index contributed by atoms with van der Waals surface area (Å²) in [5.74, 6) is -1.05. The van der Waals surface area contributed by atoms with Crippen LogP contribution in [0.25, 0.3) is 0 Å². The lowest BCUT2D eigenvalue weighted by atomic mass is 10.1. The molecule has 0 spiro atoms. The summed E-state index contributed by atoms with van der Waals surface area (Å²) in [6, 6.07) is 0. The van der Waals surface area contributed by atoms with Gasteiger partial charge >= 0.3 is 5.97 Å². The normalized spacial score (nSPS) is 25.3. The number of hydrogen-bond donors (Lipinski definition) is 1. The van der Waals surface area contributed by atoms with Crippen molar-refractivity contribution >= 4 is 12.3 Å². The maximum Gasteiger partial charge on any atom is 0.307 e. The minimum Gasteiger partial charge on any atom is -0.481 e. The number of aliphatic carboxylic acids is 1. The van der Waals surface area contributed by atoms with Gasteiger partial charge in [-0.15, -0.1) is 0 Å². The molecule has 0 amide bonds. The van der Waals surface area contributed by atoms with E-state index in [0.29, 0.717) is 19.5 Å². The molecule has 0 aliphatic carbocycles. The second-order valence-corrected chi connectivity index (χ2v) is 2.70. The van der Waals surface area contributed by atoms with E-state index in [1.807, 2.05) is 0 Å². The minimum atomic E-state index is -0.765. The third-order valence-corrected chi connectivity index (χ3v) is 1.91. The van der Waals surface area contributed by atoms with Crippen LogP contribution in [-0.4, -0.2) is 41.9 Å². The Hall–Kier alpha value is -0.900. The minimum absolute atomic E-state index is 0.240. The van der Waals surface area contributed by atoms with E-state index in [4.69, 9.17) is 5.11 Å². The number of carbonyl (C=O) groups excluding carboxylic acids is 1. The first kappa shape index (κ1) is 8.20. The average molecular weight is 156 g/mol. The molecule has 1 heterocycles. The van der Waals surface area contributed by atoms with Crippen molar-refractivity contribution in [2.24, 2.45) is 5.92 Å². The topological polar surface area (TPSA) is 57.6 Å². The molecule has 0 saturated carbocycles. The van der Waals surface area contributed by atoms with Crippen molar-refractivity contribution in [2.75, 3.05) is 19.6 Å². The summed E-state index contributed by atoms with van der Waals surface area (Å²) < 4.78 is 0. The highest BCUT2D eigenvalue weighted by Crippen LogP contribution is 2.14. The molecule has 0 aromatic rings. The van der Waals surface area contributed by atoms with Gasteiger partial charge in [-0.3, -0.25) is 14.5 Å². The molecular formula is C7H10NO3. The quantitative estimate of drug-likeness (QED) is 0.598. The van der Waals surface area contributed by atoms with Gasteiger partial charge in [0.1, 0.15) is 0 Å². The second-order valence-electron chi connectivity index (χ2n) is 2.70. The second kappa shape index (κ2) is 3.48. The van der Waals surface area contributed by atoms with Crippen LogP contribution in [0.2, 0.25) is 0 Å². The summed E-state index contributed by atoms with van der Waals surface area (Å²) >= 11 is 0. The van der Waals surface area contributed by atoms with Crippen molar-refractivity contribution in [3.05, 3.63) is 0 Å². The molecule has 0 aromatic heterocycles. The first-order chi connectivity index (χ1) is 5.24. The van der Waals surface area contributed by atoms with E-state index in [9.17, 15) is 9.59 Å². The monoisotopic (exact) mass is 156 g/mol. The first-order valence-electron chi connectivity index (χ1n) is 3.54. The number of hydrogen-bond acceptors (Lipinski definition) is 3. The van der Waals surface area contributed by atoms with Crippen molar-refractivity contribution in [1.29, 1.82) is 0 Å². The molecule has 1 rings (SSSR count). The number of nitrogens with zero attached hydrogens (tertiary/aromatic N) is 1. The largest absolute Gasteiger partial charge is 0.481 e. The van der Waals surface area contributed by atoms with E-state index in [0.717, 1.165) is 0 Å². The fourth-order valence-corrected chi connectivity index (χ4v) is 1.27. The van der Waals surface area contributed by atoms with E-state index in [2.05, 4.69) is 0 Å². The molecule has 0 aromatic carbocycles. The maximum atomic E-state index is 10.4. The van der Waals surface area contributed by atoms with Crippen LogP contribution in [-0.2, 0) is 9.59 Å². The molecule has 0 unspecified atom stereocenters. The predicted molar refractivity (Wildman–Crippen MR) is 37.9 cm³/mol. The van der Waals surface area contributed by atoms with Crippen molar-refractivity contribution in [1.82, 2.24) is 4.90 Å². The summed E-state index contributed by atoms with van der Waals surface area (Å²) in [6.45, 7) is 1.43. The highest BCUT2D eigenvalue weighted by atomic mass is 16.4. The molecule has 1 radical (unpaired) electrons. The maximum absolute atomic E-state index is 10.4. The smallest absolute Gasteiger partial charge is 0.307 e. The molecule has 1 atom stereocenters. The Bertz CT molecular complexity index is 169. The van der Waals surface area contributed by atoms with Crippen LogP contribution in [0.4, 0.5) is 0 Å². The standard InChI is InChI=1S/C7H10NO3/c9-4-3-8-2-1-6(5-8)7(10)11/h6H,1-3,5H2,(H,10,11)/t6-/m0/s1. The summed E-state index contributed by atoms with van der Waals surface area (Å²) in [7, 11) is 0. The van der Waals surface area contributed by atoms with Gasteiger partial charge in [-0.05, 0) is 13.0 Å². The Balaban J connectivity index is 2.34. The number of likely N-dealkylation sites (tertiary alicyclic amines) is 1. The third kappa shape index (κ3) is 2.01. The molecule has 4 heteroatoms. The fourth-order valence-electron chi connectivity index (χ4n) is 1.27. The van der Waals surface area contributed by atoms with E-state index >= 15 is 0 Å². The number of carboxylic acid groups (broad SMARTS) is 1. The molecule has 1 aliphatic heterocycles. The van der Waals surface area contributed by atoms with Crippen LogP contribution in [0.3, 0.4) is 0 Å². The van der Waals surface area contributed by atoms with Gasteiger partial charge in [0.15, 0.2) is 0 Å². The molecule has 1 N–H and O–H groups in total. The fraction of sp³-hybridized carbons (Fsp3) is 0.714. The average Bonchev–Trinajstić information content (AvgIpc) is 2.37. The molecule has 11 heavy (non-hydrogen) atoms. The highest BCUT2D eigenvalue weighted by molar-refractivity contribution is 5.70. The number of carboxylic acids is 1. The van der Waals surface area contributed by atoms with Gasteiger partial charge < -0.3 is 5.11 Å². The zero-order valence-corrected chi connectivity index (χ0v) is 6.12. The van der Waals surface area contributed by atoms with Crippen LogP contribution < -0.4 is 0 Å². The Morgan fingerprint density at radius 3 is 2.91 bits per heavy atom. The van der Waals surface area contributed by atoms with Crippen LogP contribution in [0.1, 0.15) is 6.42 Å². The van der Waals surface area contributed by atoms with Crippen LogP contribution in [0.15, 0.2) is 0 Å². The predicted octanol–water partition coefficient (Wildman–Crippen LogP) is -0.497. The van der Waals surface area contributed by atoms with Crippen LogP contribution >= 0.6 is 0 Å². The lowest BCUT2D eigenvalue weighted by molar-refractivity contribution is -0.141. The lowest BCUT2D eigenvalue weighted by Gasteiger charge is -2.08. The first-order valence-corrected chi connectivity index (χ1v) is 3.54. The van der Waals surface area contributed by atoms with Gasteiger partial charge in [0.05, 0.1) is 12.5 Å². The molecule has 1 fully saturated rings. The summed E-state index contributed by atoms with van der Waals surface area (Å²) in [5.41, 5.74) is 0. The van der Waals surface area contributed by atoms with Gasteiger partial charge in [-0.25, -0.2) is 0 Å². The SMILES string of the molecule is O=[C]CN1CC[C@H](C(=O)O)C1. The van der Waals surface area contributed by atoms with Gasteiger partial charge in [-0.2, -0.15) is 0 Å². The molecule has 61 valence electrons. The van der Waals surface area contributed by atoms with E-state index in [1.54, 1.807) is 11.2 Å². The van der Waals surface area contributed by atoms with E-state index in [-0.39, 0.29) is 12.5 Å². The van der Waals surface area contributed by atoms with Gasteiger partial charge in [0, 0.05) is 6.54 Å². The third-order valence-electron chi connectivity index (χ3n) is 1.91. The van der Waals surface area contributed by atoms with Crippen molar-refractivity contribution in [3.8, 4) is 0 Å². The molecular weight excluding hydrogens is 146 g/mol. The van der Waals surface area contributed by atoms with E-state index < -0.39 is 5.97 Å². The Morgan fingerprint density at radius 1 is 1.73 bits per heavy atom. The number of carbonyl (C=O) groups is 1. The Kier molecular flexibility index (Phi) is 2.59. The molecule has 0 bridgehead atoms. The highest BCUT2D eigenvalue weighted by Gasteiger charge is 2.27. The van der Waals surface area contributed by atoms with Gasteiger partial charge in [-0.1, -0.05) is 0 Å². The summed E-state index contributed by atoms with van der Waals surface area (Å²) in [5, 5.41) is 8.57. The Labute approximate surface area is 64.8 Å². The van der Waals surface area contributed by atoms with Crippen molar-refractivity contribution in [3.63, 3.8) is 0 Å². The molecule has 1 aliphatic rings. The Morgan fingerprint density at radius 2 is 2.45 bits per heavy atom. The van der Waals surface area contributed by atoms with Gasteiger partial charge in [0.25, 0.3) is 0 Å². The number of rotatable bonds is 3. The zero-order valence-electron chi connectivity index (χ0n) is 6.12. The molecule has 4 nitrogen and oxygen atoms in total. The summed E-state index contributed by atoms with van der Waals surface area (Å²) in [6.07, 6.45) is 2.40. The van der Waals surface area contributed by atoms with E-state index in [1.165, 1.54) is 0 Å². The van der Waals surface area contributed by atoms with Gasteiger partial charge in [0.2, 0.25) is 6.29 Å². The van der Waals surface area contributed by atoms with Crippen LogP contribution in [0, 0.1) is 5.92 Å². The summed E-state index contributed by atoms with van der Waals surface area (Å²) in [4.78, 5) is 22.1. The van der Waals surface area contributed by atoms with Crippen molar-refractivity contribution < 1.29 is 14.7 Å². The van der Waals surface area contributed by atoms with Crippen molar-refractivity contribution in [2.45, 2.75) is 6.42 Å². The molecule has 1 saturated heterocycles. The zero-order chi connectivity index (χ0) is 8.27.